The van der Waals surface area contributed by atoms with E-state index in [-0.39, 0.29) is 0 Å². The van der Waals surface area contributed by atoms with Gasteiger partial charge in [-0.15, -0.1) is 0 Å². The van der Waals surface area contributed by atoms with Gasteiger partial charge in [-0.3, -0.25) is 0 Å². The molecule has 42 heavy (non-hydrogen) atoms. The predicted molar refractivity (Wildman–Crippen MR) is 181 cm³/mol. The van der Waals surface area contributed by atoms with Crippen molar-refractivity contribution in [3.05, 3.63) is 158 Å². The van der Waals surface area contributed by atoms with Gasteiger partial charge < -0.3 is 10.6 Å². The molecule has 0 aliphatic rings. The Morgan fingerprint density at radius 3 is 1.48 bits per heavy atom. The van der Waals surface area contributed by atoms with E-state index in [1.807, 2.05) is 0 Å². The van der Waals surface area contributed by atoms with Crippen LogP contribution in [-0.4, -0.2) is 0 Å². The molecule has 0 saturated carbocycles. The number of benzene rings is 8. The molecule has 2 nitrogen and oxygen atoms in total. The van der Waals surface area contributed by atoms with Crippen molar-refractivity contribution in [1.82, 2.24) is 0 Å². The van der Waals surface area contributed by atoms with E-state index in [0.29, 0.717) is 0 Å². The summed E-state index contributed by atoms with van der Waals surface area (Å²) in [6, 6.07) is 56.4. The van der Waals surface area contributed by atoms with Gasteiger partial charge in [0, 0.05) is 16.9 Å². The molecule has 0 spiro atoms. The van der Waals surface area contributed by atoms with Crippen LogP contribution in [-0.2, 0) is 0 Å². The Hall–Kier alpha value is -5.60. The van der Waals surface area contributed by atoms with Crippen LogP contribution in [0.3, 0.4) is 0 Å². The summed E-state index contributed by atoms with van der Waals surface area (Å²) in [5.41, 5.74) is 6.51. The lowest BCUT2D eigenvalue weighted by Crippen LogP contribution is -2.00. The number of para-hydroxylation sites is 1. The molecule has 2 heteroatoms. The summed E-state index contributed by atoms with van der Waals surface area (Å²) in [6.45, 7) is 0. The van der Waals surface area contributed by atoms with Gasteiger partial charge in [0.2, 0.25) is 0 Å². The maximum absolute atomic E-state index is 3.83. The van der Waals surface area contributed by atoms with Crippen LogP contribution in [0.1, 0.15) is 0 Å². The summed E-state index contributed by atoms with van der Waals surface area (Å²) in [5, 5.41) is 17.4. The third kappa shape index (κ3) is 4.40. The minimum absolute atomic E-state index is 1.02. The number of anilines is 4. The number of rotatable bonds is 5. The number of nitrogens with one attached hydrogen (secondary N) is 2. The average Bonchev–Trinajstić information content (AvgIpc) is 3.04. The van der Waals surface area contributed by atoms with E-state index in [1.165, 1.54) is 48.7 Å². The highest BCUT2D eigenvalue weighted by Crippen LogP contribution is 2.42. The van der Waals surface area contributed by atoms with Gasteiger partial charge in [-0.25, -0.2) is 0 Å². The monoisotopic (exact) mass is 536 g/mol. The molecular weight excluding hydrogens is 508 g/mol. The van der Waals surface area contributed by atoms with Crippen LogP contribution in [0.2, 0.25) is 0 Å². The first-order chi connectivity index (χ1) is 20.8. The molecular formula is C40H28N2. The van der Waals surface area contributed by atoms with Crippen LogP contribution in [0, 0.1) is 0 Å². The maximum atomic E-state index is 3.83. The van der Waals surface area contributed by atoms with Gasteiger partial charge in [0.1, 0.15) is 0 Å². The van der Waals surface area contributed by atoms with E-state index in [4.69, 9.17) is 0 Å². The van der Waals surface area contributed by atoms with E-state index < -0.39 is 0 Å². The fourth-order valence-corrected chi connectivity index (χ4v) is 6.05. The van der Waals surface area contributed by atoms with Gasteiger partial charge in [0.25, 0.3) is 0 Å². The molecule has 8 aromatic carbocycles. The molecule has 0 fully saturated rings. The van der Waals surface area contributed by atoms with Gasteiger partial charge in [-0.1, -0.05) is 115 Å². The van der Waals surface area contributed by atoms with Crippen molar-refractivity contribution in [3.8, 4) is 11.1 Å². The summed E-state index contributed by atoms with van der Waals surface area (Å²) < 4.78 is 0. The maximum Gasteiger partial charge on any atom is 0.0703 e. The van der Waals surface area contributed by atoms with Crippen molar-refractivity contribution >= 4 is 65.8 Å². The Kier molecular flexibility index (Phi) is 5.82. The van der Waals surface area contributed by atoms with Crippen LogP contribution >= 0.6 is 0 Å². The SMILES string of the molecule is c1cc(Nc2ccc3ccccc3c2)c(Nc2ccc3ccccc3c2)c(-c2cccc3cc4ccccc4cc23)c1. The highest BCUT2D eigenvalue weighted by molar-refractivity contribution is 6.08. The minimum Gasteiger partial charge on any atom is -0.354 e. The van der Waals surface area contributed by atoms with Crippen molar-refractivity contribution < 1.29 is 0 Å². The molecule has 0 radical (unpaired) electrons. The Labute approximate surface area is 244 Å². The van der Waals surface area contributed by atoms with Gasteiger partial charge in [0.15, 0.2) is 0 Å². The van der Waals surface area contributed by atoms with Crippen LogP contribution in [0.25, 0.3) is 54.2 Å². The van der Waals surface area contributed by atoms with Crippen molar-refractivity contribution in [2.75, 3.05) is 10.6 Å². The van der Waals surface area contributed by atoms with Gasteiger partial charge in [-0.2, -0.15) is 0 Å². The molecule has 198 valence electrons. The fourth-order valence-electron chi connectivity index (χ4n) is 6.05. The molecule has 8 rings (SSSR count). The first kappa shape index (κ1) is 24.2. The number of fused-ring (bicyclic) bond motifs is 4. The molecule has 0 aromatic heterocycles. The van der Waals surface area contributed by atoms with Crippen molar-refractivity contribution in [1.29, 1.82) is 0 Å². The van der Waals surface area contributed by atoms with Gasteiger partial charge in [0.05, 0.1) is 11.4 Å². The number of hydrogen-bond acceptors (Lipinski definition) is 2. The first-order valence-electron chi connectivity index (χ1n) is 14.4. The highest BCUT2D eigenvalue weighted by atomic mass is 15.0. The molecule has 8 aromatic rings. The van der Waals surface area contributed by atoms with E-state index >= 15 is 0 Å². The molecule has 0 heterocycles. The topological polar surface area (TPSA) is 24.1 Å². The van der Waals surface area contributed by atoms with Gasteiger partial charge >= 0.3 is 0 Å². The zero-order chi connectivity index (χ0) is 27.9. The Morgan fingerprint density at radius 2 is 0.810 bits per heavy atom. The molecule has 0 atom stereocenters. The van der Waals surface area contributed by atoms with Crippen LogP contribution in [0.5, 0.6) is 0 Å². The molecule has 0 unspecified atom stereocenters. The fraction of sp³-hybridized carbons (Fsp3) is 0. The average molecular weight is 537 g/mol. The van der Waals surface area contributed by atoms with E-state index in [9.17, 15) is 0 Å². The Balaban J connectivity index is 1.31. The third-order valence-corrected chi connectivity index (χ3v) is 8.15. The summed E-state index contributed by atoms with van der Waals surface area (Å²) >= 11 is 0. The van der Waals surface area contributed by atoms with Crippen molar-refractivity contribution in [2.24, 2.45) is 0 Å². The summed E-state index contributed by atoms with van der Waals surface area (Å²) in [5.74, 6) is 0. The van der Waals surface area contributed by atoms with Crippen LogP contribution in [0.4, 0.5) is 22.7 Å². The first-order valence-corrected chi connectivity index (χ1v) is 14.4. The molecule has 0 saturated heterocycles. The second kappa shape index (κ2) is 10.1. The van der Waals surface area contributed by atoms with E-state index in [2.05, 4.69) is 168 Å². The zero-order valence-electron chi connectivity index (χ0n) is 23.0. The lowest BCUT2D eigenvalue weighted by Gasteiger charge is -2.20. The molecule has 2 N–H and O–H groups in total. The second-order valence-electron chi connectivity index (χ2n) is 10.8. The Bertz CT molecular complexity index is 2260. The largest absolute Gasteiger partial charge is 0.354 e. The van der Waals surface area contributed by atoms with Crippen LogP contribution < -0.4 is 10.6 Å². The third-order valence-electron chi connectivity index (χ3n) is 8.15. The molecule has 0 bridgehead atoms. The standard InChI is InChI=1S/C40H28N2/c1-3-12-30-24-34(21-19-27(30)9-1)41-39-18-8-17-37(40(39)42-35-22-20-28-10-2-4-13-31(28)25-35)36-16-7-15-33-23-29-11-5-6-14-32(29)26-38(33)36/h1-26,41-42H. The lowest BCUT2D eigenvalue weighted by atomic mass is 9.94. The lowest BCUT2D eigenvalue weighted by molar-refractivity contribution is 1.51. The van der Waals surface area contributed by atoms with Crippen LogP contribution in [0.15, 0.2) is 158 Å². The summed E-state index contributed by atoms with van der Waals surface area (Å²) in [6.07, 6.45) is 0. The predicted octanol–water partition coefficient (Wildman–Crippen LogP) is 11.5. The van der Waals surface area contributed by atoms with E-state index in [0.717, 1.165) is 28.3 Å². The minimum atomic E-state index is 1.02. The summed E-state index contributed by atoms with van der Waals surface area (Å²) in [7, 11) is 0. The quantitative estimate of drug-likeness (QED) is 0.214. The van der Waals surface area contributed by atoms with E-state index in [1.54, 1.807) is 0 Å². The van der Waals surface area contributed by atoms with Crippen molar-refractivity contribution in [3.63, 3.8) is 0 Å². The van der Waals surface area contributed by atoms with Crippen molar-refractivity contribution in [2.45, 2.75) is 0 Å². The van der Waals surface area contributed by atoms with Gasteiger partial charge in [-0.05, 0) is 91.1 Å². The Morgan fingerprint density at radius 1 is 0.310 bits per heavy atom. The highest BCUT2D eigenvalue weighted by Gasteiger charge is 2.15. The zero-order valence-corrected chi connectivity index (χ0v) is 23.0. The molecule has 0 amide bonds. The summed E-state index contributed by atoms with van der Waals surface area (Å²) in [4.78, 5) is 0. The smallest absolute Gasteiger partial charge is 0.0703 e. The number of hydrogen-bond donors (Lipinski definition) is 2. The normalized spacial score (nSPS) is 11.3. The molecule has 0 aliphatic heterocycles. The second-order valence-corrected chi connectivity index (χ2v) is 10.8. The molecule has 0 aliphatic carbocycles.